The number of rotatable bonds is 0. The van der Waals surface area contributed by atoms with Crippen LogP contribution in [-0.2, 0) is 0 Å². The van der Waals surface area contributed by atoms with Crippen molar-refractivity contribution in [2.24, 2.45) is 0 Å². The van der Waals surface area contributed by atoms with E-state index in [-0.39, 0.29) is 0 Å². The fourth-order valence-corrected chi connectivity index (χ4v) is 2.98. The molecule has 0 radical (unpaired) electrons. The smallest absolute Gasteiger partial charge is 0.143 e. The lowest BCUT2D eigenvalue weighted by atomic mass is 10.0. The summed E-state index contributed by atoms with van der Waals surface area (Å²) in [6, 6.07) is 4.15. The Hall–Kier alpha value is -2.08. The zero-order valence-electron chi connectivity index (χ0n) is 9.76. The molecular weight excluding hydrogens is 248 g/mol. The summed E-state index contributed by atoms with van der Waals surface area (Å²) in [6.07, 6.45) is 0. The van der Waals surface area contributed by atoms with Gasteiger partial charge in [0.25, 0.3) is 0 Å². The first-order valence-electron chi connectivity index (χ1n) is 5.53. The second-order valence-corrected chi connectivity index (χ2v) is 4.93. The normalized spacial score (nSPS) is 11.9. The molecule has 0 amide bonds. The molecule has 0 fully saturated rings. The number of aromatic nitrogens is 4. The summed E-state index contributed by atoms with van der Waals surface area (Å²) in [7, 11) is 0. The summed E-state index contributed by atoms with van der Waals surface area (Å²) < 4.78 is 13.6. The van der Waals surface area contributed by atoms with Crippen molar-refractivity contribution in [1.82, 2.24) is 19.1 Å². The van der Waals surface area contributed by atoms with E-state index >= 15 is 0 Å². The monoisotopic (exact) mass is 256 g/mol. The second kappa shape index (κ2) is 3.23. The minimum absolute atomic E-state index is 0.794. The van der Waals surface area contributed by atoms with Crippen molar-refractivity contribution in [3.05, 3.63) is 23.3 Å². The van der Waals surface area contributed by atoms with Gasteiger partial charge in [-0.15, -0.1) is 0 Å². The van der Waals surface area contributed by atoms with Crippen molar-refractivity contribution >= 4 is 44.6 Å². The Bertz CT molecular complexity index is 833. The largest absolute Gasteiger partial charge is 0.243 e. The summed E-state index contributed by atoms with van der Waals surface area (Å²) in [6.45, 7) is 4.03. The molecule has 2 heterocycles. The maximum Gasteiger partial charge on any atom is 0.143 e. The number of nitrogens with zero attached hydrogens (tertiary/aromatic N) is 4. The first-order chi connectivity index (χ1) is 8.75. The first-order valence-corrected chi connectivity index (χ1v) is 6.26. The highest BCUT2D eigenvalue weighted by Gasteiger charge is 2.14. The minimum atomic E-state index is 0.794. The third-order valence-electron chi connectivity index (χ3n) is 3.25. The zero-order chi connectivity index (χ0) is 12.3. The average molecular weight is 256 g/mol. The van der Waals surface area contributed by atoms with Crippen LogP contribution in [-0.4, -0.2) is 19.1 Å². The molecular formula is C12H8N4OS. The van der Waals surface area contributed by atoms with Gasteiger partial charge in [0.05, 0.1) is 11.7 Å². The average Bonchev–Trinajstić information content (AvgIpc) is 2.98. The number of hydrogen-bond donors (Lipinski definition) is 0. The van der Waals surface area contributed by atoms with Crippen molar-refractivity contribution < 1.29 is 4.63 Å². The van der Waals surface area contributed by atoms with Gasteiger partial charge < -0.3 is 0 Å². The predicted molar refractivity (Wildman–Crippen MR) is 69.8 cm³/mol. The van der Waals surface area contributed by atoms with Crippen molar-refractivity contribution in [3.8, 4) is 0 Å². The van der Waals surface area contributed by atoms with E-state index in [1.54, 1.807) is 0 Å². The van der Waals surface area contributed by atoms with Gasteiger partial charge in [0.2, 0.25) is 0 Å². The van der Waals surface area contributed by atoms with Gasteiger partial charge in [0.1, 0.15) is 22.1 Å². The predicted octanol–water partition coefficient (Wildman–Crippen LogP) is 3.00. The molecule has 0 spiro atoms. The van der Waals surface area contributed by atoms with Gasteiger partial charge in [0, 0.05) is 10.8 Å². The minimum Gasteiger partial charge on any atom is -0.243 e. The van der Waals surface area contributed by atoms with E-state index in [0.29, 0.717) is 0 Å². The van der Waals surface area contributed by atoms with E-state index in [0.717, 1.165) is 44.0 Å². The van der Waals surface area contributed by atoms with E-state index in [1.807, 2.05) is 13.8 Å². The van der Waals surface area contributed by atoms with Crippen molar-refractivity contribution in [2.45, 2.75) is 13.8 Å². The molecule has 4 aromatic rings. The van der Waals surface area contributed by atoms with Crippen molar-refractivity contribution in [2.75, 3.05) is 0 Å². The number of aryl methyl sites for hydroxylation is 2. The highest BCUT2D eigenvalue weighted by molar-refractivity contribution is 7.00. The summed E-state index contributed by atoms with van der Waals surface area (Å²) >= 11 is 1.24. The molecule has 0 aliphatic rings. The zero-order valence-corrected chi connectivity index (χ0v) is 10.6. The van der Waals surface area contributed by atoms with E-state index in [9.17, 15) is 0 Å². The third kappa shape index (κ3) is 1.10. The topological polar surface area (TPSA) is 64.7 Å². The van der Waals surface area contributed by atoms with Crippen LogP contribution in [0.3, 0.4) is 0 Å². The lowest BCUT2D eigenvalue weighted by Crippen LogP contribution is -1.86. The van der Waals surface area contributed by atoms with E-state index < -0.39 is 0 Å². The summed E-state index contributed by atoms with van der Waals surface area (Å²) in [4.78, 5) is 0. The second-order valence-electron chi connectivity index (χ2n) is 4.40. The molecule has 2 aromatic heterocycles. The van der Waals surface area contributed by atoms with E-state index in [2.05, 4.69) is 31.2 Å². The third-order valence-corrected chi connectivity index (χ3v) is 3.77. The Kier molecular flexibility index (Phi) is 1.78. The summed E-state index contributed by atoms with van der Waals surface area (Å²) in [5.41, 5.74) is 5.63. The SMILES string of the molecule is Cc1cc2c(cc(C)c3nsnc32)c2nonc12. The molecule has 0 N–H and O–H groups in total. The lowest BCUT2D eigenvalue weighted by Gasteiger charge is -2.03. The fourth-order valence-electron chi connectivity index (χ4n) is 2.37. The molecule has 0 aliphatic heterocycles. The van der Waals surface area contributed by atoms with Crippen LogP contribution in [0.4, 0.5) is 0 Å². The van der Waals surface area contributed by atoms with Gasteiger partial charge in [0.15, 0.2) is 0 Å². The molecule has 0 saturated carbocycles. The first kappa shape index (κ1) is 9.90. The van der Waals surface area contributed by atoms with Crippen LogP contribution in [0.2, 0.25) is 0 Å². The summed E-state index contributed by atoms with van der Waals surface area (Å²) in [5.74, 6) is 0. The maximum atomic E-state index is 4.85. The van der Waals surface area contributed by atoms with Crippen LogP contribution in [0.25, 0.3) is 32.8 Å². The Labute approximate surface area is 106 Å². The van der Waals surface area contributed by atoms with Crippen LogP contribution < -0.4 is 0 Å². The molecule has 4 rings (SSSR count). The van der Waals surface area contributed by atoms with Gasteiger partial charge in [-0.2, -0.15) is 8.75 Å². The van der Waals surface area contributed by atoms with Crippen LogP contribution >= 0.6 is 11.7 Å². The summed E-state index contributed by atoms with van der Waals surface area (Å²) in [5, 5.41) is 10.0. The van der Waals surface area contributed by atoms with Gasteiger partial charge in [-0.3, -0.25) is 0 Å². The van der Waals surface area contributed by atoms with Gasteiger partial charge in [-0.1, -0.05) is 0 Å². The van der Waals surface area contributed by atoms with Crippen LogP contribution in [0.5, 0.6) is 0 Å². The van der Waals surface area contributed by atoms with Gasteiger partial charge in [-0.25, -0.2) is 4.63 Å². The molecule has 88 valence electrons. The molecule has 0 aliphatic carbocycles. The Morgan fingerprint density at radius 3 is 2.28 bits per heavy atom. The van der Waals surface area contributed by atoms with Gasteiger partial charge in [-0.05, 0) is 47.4 Å². The molecule has 5 nitrogen and oxygen atoms in total. The van der Waals surface area contributed by atoms with E-state index in [4.69, 9.17) is 4.63 Å². The van der Waals surface area contributed by atoms with Crippen LogP contribution in [0.1, 0.15) is 11.1 Å². The molecule has 2 aromatic carbocycles. The molecule has 6 heteroatoms. The number of fused-ring (bicyclic) bond motifs is 5. The van der Waals surface area contributed by atoms with Gasteiger partial charge >= 0.3 is 0 Å². The highest BCUT2D eigenvalue weighted by atomic mass is 32.1. The number of benzene rings is 2. The maximum absolute atomic E-state index is 4.85. The van der Waals surface area contributed by atoms with Crippen molar-refractivity contribution in [3.63, 3.8) is 0 Å². The standard InChI is InChI=1S/C12H8N4OS/c1-5-3-8-7(11-9(5)13-17-14-11)4-6(2)10-12(8)16-18-15-10/h3-4H,1-2H3. The van der Waals surface area contributed by atoms with Crippen molar-refractivity contribution in [1.29, 1.82) is 0 Å². The lowest BCUT2D eigenvalue weighted by molar-refractivity contribution is 0.315. The Morgan fingerprint density at radius 2 is 1.44 bits per heavy atom. The Balaban J connectivity index is 2.40. The molecule has 0 saturated heterocycles. The molecule has 0 atom stereocenters. The molecule has 0 unspecified atom stereocenters. The fraction of sp³-hybridized carbons (Fsp3) is 0.167. The highest BCUT2D eigenvalue weighted by Crippen LogP contribution is 2.32. The molecule has 18 heavy (non-hydrogen) atoms. The molecule has 0 bridgehead atoms. The van der Waals surface area contributed by atoms with Crippen LogP contribution in [0.15, 0.2) is 16.8 Å². The quantitative estimate of drug-likeness (QED) is 0.484. The van der Waals surface area contributed by atoms with Crippen LogP contribution in [0, 0.1) is 13.8 Å². The van der Waals surface area contributed by atoms with E-state index in [1.165, 1.54) is 11.7 Å². The number of hydrogen-bond acceptors (Lipinski definition) is 6. The Morgan fingerprint density at radius 1 is 0.833 bits per heavy atom.